The fraction of sp³-hybridized carbons (Fsp3) is 0.279. The number of aryl methyl sites for hydroxylation is 4. The van der Waals surface area contributed by atoms with Gasteiger partial charge in [-0.15, -0.1) is 0 Å². The second-order valence-electron chi connectivity index (χ2n) is 13.9. The average molecular weight is 797 g/mol. The lowest BCUT2D eigenvalue weighted by Gasteiger charge is -2.09. The van der Waals surface area contributed by atoms with Crippen LogP contribution in [0.4, 0.5) is 11.4 Å². The molecular formula is C43H48N12O4. The minimum atomic E-state index is -0.00611. The number of unbranched alkanes of at least 4 members (excludes halogenated alkanes) is 2. The van der Waals surface area contributed by atoms with Crippen LogP contribution in [0.2, 0.25) is 0 Å². The predicted molar refractivity (Wildman–Crippen MR) is 227 cm³/mol. The van der Waals surface area contributed by atoms with E-state index in [2.05, 4.69) is 74.4 Å². The molecule has 0 saturated heterocycles. The molecule has 304 valence electrons. The number of aromatic amines is 3. The van der Waals surface area contributed by atoms with Crippen LogP contribution < -0.4 is 20.1 Å². The fourth-order valence-corrected chi connectivity index (χ4v) is 5.98. The molecule has 0 radical (unpaired) electrons. The van der Waals surface area contributed by atoms with E-state index < -0.39 is 0 Å². The Hall–Kier alpha value is -7.23. The molecule has 0 spiro atoms. The number of H-pyrrole nitrogens is 3. The van der Waals surface area contributed by atoms with Crippen molar-refractivity contribution < 1.29 is 19.1 Å². The quantitative estimate of drug-likeness (QED) is 0.0668. The molecule has 8 aromatic rings. The zero-order chi connectivity index (χ0) is 41.4. The standard InChI is InChI=1S/C19H22N4O2.C18H20N4O2.C6H6N4/c1-13-6-9-18(14(2)11-13)25-10-4-3-5-19(24)20-15-7-8-16-17(12-15)22-23-21-16;1-13-5-4-6-15(11-13)24-10-3-2-7-18(23)19-14-8-9-16-17(12-14)21-22-20-16;1-4-5-6(9-2-7-4)10-3-8-5/h6-9,11-12H,3-5,10H2,1-2H3,(H,20,24)(H,21,22,23);4-6,8-9,11-12H,2-3,7,10H2,1H3,(H,19,23)(H,20,21,22);2-3H,1H3,(H,7,8,9,10). The first-order chi connectivity index (χ1) is 28.7. The summed E-state index contributed by atoms with van der Waals surface area (Å²) in [5.74, 6) is 1.78. The number of benzene rings is 4. The number of carbonyl (C=O) groups excluding carboxylic acids is 2. The third kappa shape index (κ3) is 12.6. The third-order valence-corrected chi connectivity index (χ3v) is 9.06. The van der Waals surface area contributed by atoms with Crippen LogP contribution in [-0.2, 0) is 9.59 Å². The van der Waals surface area contributed by atoms with Gasteiger partial charge in [-0.05, 0) is 119 Å². The lowest BCUT2D eigenvalue weighted by molar-refractivity contribution is -0.117. The van der Waals surface area contributed by atoms with Crippen molar-refractivity contribution in [1.29, 1.82) is 0 Å². The van der Waals surface area contributed by atoms with E-state index >= 15 is 0 Å². The van der Waals surface area contributed by atoms with Crippen molar-refractivity contribution in [3.63, 3.8) is 0 Å². The molecule has 0 saturated carbocycles. The maximum atomic E-state index is 12.0. The summed E-state index contributed by atoms with van der Waals surface area (Å²) in [6.45, 7) is 9.29. The smallest absolute Gasteiger partial charge is 0.224 e. The number of hydrogen-bond donors (Lipinski definition) is 5. The first kappa shape index (κ1) is 41.4. The second-order valence-corrected chi connectivity index (χ2v) is 13.9. The van der Waals surface area contributed by atoms with Gasteiger partial charge < -0.3 is 25.1 Å². The highest BCUT2D eigenvalue weighted by Gasteiger charge is 2.07. The van der Waals surface area contributed by atoms with Gasteiger partial charge in [-0.1, -0.05) is 29.8 Å². The molecule has 0 aliphatic carbocycles. The number of hydrogen-bond acceptors (Lipinski definition) is 11. The summed E-state index contributed by atoms with van der Waals surface area (Å²) >= 11 is 0. The molecule has 4 aromatic carbocycles. The maximum Gasteiger partial charge on any atom is 0.224 e. The number of fused-ring (bicyclic) bond motifs is 3. The van der Waals surface area contributed by atoms with Gasteiger partial charge in [0.1, 0.15) is 45.4 Å². The molecule has 4 aromatic heterocycles. The highest BCUT2D eigenvalue weighted by atomic mass is 16.5. The molecule has 59 heavy (non-hydrogen) atoms. The fourth-order valence-electron chi connectivity index (χ4n) is 5.98. The molecular weight excluding hydrogens is 749 g/mol. The van der Waals surface area contributed by atoms with Crippen molar-refractivity contribution in [1.82, 2.24) is 50.8 Å². The van der Waals surface area contributed by atoms with E-state index in [9.17, 15) is 9.59 Å². The van der Waals surface area contributed by atoms with Crippen molar-refractivity contribution in [3.8, 4) is 11.5 Å². The van der Waals surface area contributed by atoms with Crippen LogP contribution in [0.3, 0.4) is 0 Å². The highest BCUT2D eigenvalue weighted by Crippen LogP contribution is 2.20. The van der Waals surface area contributed by atoms with Gasteiger partial charge in [0.05, 0.1) is 25.2 Å². The Balaban J connectivity index is 0.000000161. The molecule has 4 heterocycles. The first-order valence-electron chi connectivity index (χ1n) is 19.4. The van der Waals surface area contributed by atoms with Gasteiger partial charge in [-0.25, -0.2) is 15.0 Å². The summed E-state index contributed by atoms with van der Waals surface area (Å²) in [4.78, 5) is 38.9. The van der Waals surface area contributed by atoms with Crippen LogP contribution in [0.15, 0.2) is 91.5 Å². The normalized spacial score (nSPS) is 10.7. The van der Waals surface area contributed by atoms with Gasteiger partial charge in [0.2, 0.25) is 11.8 Å². The SMILES string of the molecule is Cc1ccc(OCCCCC(=O)Nc2ccc3n[nH]nc3c2)c(C)c1.Cc1cccc(OCCCCC(=O)Nc2ccc3n[nH]nc3c2)c1.Cc1ncnc2nc[nH]c12. The van der Waals surface area contributed by atoms with Gasteiger partial charge in [0.15, 0.2) is 5.65 Å². The molecule has 16 heteroatoms. The molecule has 0 aliphatic heterocycles. The molecule has 0 unspecified atom stereocenters. The van der Waals surface area contributed by atoms with E-state index in [4.69, 9.17) is 9.47 Å². The van der Waals surface area contributed by atoms with Gasteiger partial charge in [-0.3, -0.25) is 9.59 Å². The van der Waals surface area contributed by atoms with E-state index in [-0.39, 0.29) is 11.8 Å². The number of rotatable bonds is 14. The van der Waals surface area contributed by atoms with Crippen molar-refractivity contribution in [2.45, 2.75) is 66.2 Å². The molecule has 0 aliphatic rings. The Morgan fingerprint density at radius 2 is 1.22 bits per heavy atom. The van der Waals surface area contributed by atoms with Gasteiger partial charge in [-0.2, -0.15) is 30.8 Å². The Morgan fingerprint density at radius 3 is 1.83 bits per heavy atom. The van der Waals surface area contributed by atoms with Crippen molar-refractivity contribution in [3.05, 3.63) is 114 Å². The summed E-state index contributed by atoms with van der Waals surface area (Å²) in [7, 11) is 0. The van der Waals surface area contributed by atoms with Gasteiger partial charge in [0, 0.05) is 24.2 Å². The molecule has 0 bridgehead atoms. The lowest BCUT2D eigenvalue weighted by atomic mass is 10.1. The van der Waals surface area contributed by atoms with E-state index in [0.29, 0.717) is 26.1 Å². The Kier molecular flexibility index (Phi) is 14.6. The number of imidazole rings is 1. The number of amides is 2. The summed E-state index contributed by atoms with van der Waals surface area (Å²) < 4.78 is 11.5. The van der Waals surface area contributed by atoms with Crippen molar-refractivity contribution in [2.24, 2.45) is 0 Å². The van der Waals surface area contributed by atoms with E-state index in [1.54, 1.807) is 18.5 Å². The second kappa shape index (κ2) is 20.8. The van der Waals surface area contributed by atoms with Crippen LogP contribution in [0.5, 0.6) is 11.5 Å². The lowest BCUT2D eigenvalue weighted by Crippen LogP contribution is -2.11. The summed E-state index contributed by atoms with van der Waals surface area (Å²) in [6.07, 6.45) is 7.30. The zero-order valence-electron chi connectivity index (χ0n) is 33.6. The number of anilines is 2. The summed E-state index contributed by atoms with van der Waals surface area (Å²) in [5, 5.41) is 26.9. The minimum absolute atomic E-state index is 0.00522. The molecule has 5 N–H and O–H groups in total. The number of aromatic nitrogens is 10. The Labute approximate surface area is 341 Å². The van der Waals surface area contributed by atoms with Crippen LogP contribution in [-0.4, -0.2) is 75.8 Å². The zero-order valence-corrected chi connectivity index (χ0v) is 33.6. The topological polar surface area (TPSA) is 214 Å². The first-order valence-corrected chi connectivity index (χ1v) is 19.4. The van der Waals surface area contributed by atoms with Gasteiger partial charge in [0.25, 0.3) is 0 Å². The Bertz CT molecular complexity index is 2600. The monoisotopic (exact) mass is 796 g/mol. The van der Waals surface area contributed by atoms with E-state index in [0.717, 1.165) is 93.0 Å². The van der Waals surface area contributed by atoms with Crippen LogP contribution in [0.25, 0.3) is 33.2 Å². The average Bonchev–Trinajstić information content (AvgIpc) is 4.01. The number of carbonyl (C=O) groups is 2. The molecule has 2 amide bonds. The van der Waals surface area contributed by atoms with Crippen molar-refractivity contribution in [2.75, 3.05) is 23.8 Å². The van der Waals surface area contributed by atoms with E-state index in [1.807, 2.05) is 81.4 Å². The van der Waals surface area contributed by atoms with E-state index in [1.165, 1.54) is 17.5 Å². The van der Waals surface area contributed by atoms with Crippen molar-refractivity contribution >= 4 is 56.4 Å². The largest absolute Gasteiger partial charge is 0.494 e. The molecule has 0 atom stereocenters. The van der Waals surface area contributed by atoms with Crippen LogP contribution >= 0.6 is 0 Å². The maximum absolute atomic E-state index is 12.0. The predicted octanol–water partition coefficient (Wildman–Crippen LogP) is 7.88. The van der Waals surface area contributed by atoms with Gasteiger partial charge >= 0.3 is 0 Å². The minimum Gasteiger partial charge on any atom is -0.494 e. The highest BCUT2D eigenvalue weighted by molar-refractivity contribution is 5.93. The molecule has 0 fully saturated rings. The molecule has 16 nitrogen and oxygen atoms in total. The third-order valence-electron chi connectivity index (χ3n) is 9.06. The van der Waals surface area contributed by atoms with Crippen LogP contribution in [0, 0.1) is 27.7 Å². The molecule has 8 rings (SSSR count). The summed E-state index contributed by atoms with van der Waals surface area (Å²) in [5.41, 5.74) is 10.6. The number of nitrogens with one attached hydrogen (secondary N) is 5. The Morgan fingerprint density at radius 1 is 0.610 bits per heavy atom. The number of ether oxygens (including phenoxy) is 2. The van der Waals surface area contributed by atoms with Crippen LogP contribution in [0.1, 0.15) is 60.9 Å². The summed E-state index contributed by atoms with van der Waals surface area (Å²) in [6, 6.07) is 25.0. The number of nitrogens with zero attached hydrogens (tertiary/aromatic N) is 7.